The summed E-state index contributed by atoms with van der Waals surface area (Å²) in [5, 5.41) is 16.1. The second-order valence-electron chi connectivity index (χ2n) is 6.72. The lowest BCUT2D eigenvalue weighted by Crippen LogP contribution is -2.40. The molecular weight excluding hydrogens is 334 g/mol. The second kappa shape index (κ2) is 8.51. The maximum absolute atomic E-state index is 12.6. The molecule has 0 radical (unpaired) electrons. The van der Waals surface area contributed by atoms with Gasteiger partial charge >= 0.3 is 5.97 Å². The molecule has 0 aliphatic rings. The van der Waals surface area contributed by atoms with E-state index in [0.29, 0.717) is 12.4 Å². The fraction of sp³-hybridized carbons (Fsp3) is 0.421. The fourth-order valence-electron chi connectivity index (χ4n) is 2.20. The molecule has 1 heterocycles. The van der Waals surface area contributed by atoms with Crippen LogP contribution >= 0.6 is 0 Å². The third kappa shape index (κ3) is 4.84. The monoisotopic (exact) mass is 359 g/mol. The molecule has 2 unspecified atom stereocenters. The lowest BCUT2D eigenvalue weighted by atomic mass is 10.0. The molecule has 2 aromatic rings. The minimum Gasteiger partial charge on any atom is -0.489 e. The van der Waals surface area contributed by atoms with E-state index in [1.807, 2.05) is 44.2 Å². The average molecular weight is 359 g/mol. The molecule has 1 aromatic carbocycles. The Labute approximate surface area is 153 Å². The second-order valence-corrected chi connectivity index (χ2v) is 6.72. The van der Waals surface area contributed by atoms with Gasteiger partial charge in [0.25, 0.3) is 5.91 Å². The first kappa shape index (κ1) is 19.5. The molecule has 2 N–H and O–H groups in total. The van der Waals surface area contributed by atoms with Crippen LogP contribution in [0.1, 0.15) is 38.2 Å². The maximum atomic E-state index is 12.6. The van der Waals surface area contributed by atoms with Crippen molar-refractivity contribution < 1.29 is 19.4 Å². The van der Waals surface area contributed by atoms with E-state index < -0.39 is 23.8 Å². The number of amides is 1. The van der Waals surface area contributed by atoms with Crippen LogP contribution in [-0.4, -0.2) is 39.4 Å². The van der Waals surface area contributed by atoms with E-state index in [4.69, 9.17) is 9.84 Å². The van der Waals surface area contributed by atoms with Crippen LogP contribution in [0.2, 0.25) is 0 Å². The van der Waals surface area contributed by atoms with Gasteiger partial charge in [0, 0.05) is 6.04 Å². The van der Waals surface area contributed by atoms with Crippen LogP contribution in [0, 0.1) is 11.8 Å². The van der Waals surface area contributed by atoms with Gasteiger partial charge in [0.1, 0.15) is 0 Å². The Hall–Kier alpha value is -2.83. The number of ether oxygens (including phenoxy) is 1. The highest BCUT2D eigenvalue weighted by atomic mass is 16.5. The molecule has 26 heavy (non-hydrogen) atoms. The molecular formula is C19H25N3O4. The van der Waals surface area contributed by atoms with Crippen molar-refractivity contribution in [1.82, 2.24) is 15.1 Å². The SMILES string of the molecule is CC(C)COc1cn(-c2ccccc2)nc1C(=O)NC(C)C(C)C(=O)O. The molecule has 7 heteroatoms. The Balaban J connectivity index is 2.28. The predicted molar refractivity (Wildman–Crippen MR) is 97.6 cm³/mol. The molecule has 2 atom stereocenters. The zero-order chi connectivity index (χ0) is 19.3. The molecule has 0 aliphatic carbocycles. The van der Waals surface area contributed by atoms with Crippen molar-refractivity contribution in [2.24, 2.45) is 11.8 Å². The van der Waals surface area contributed by atoms with Crippen LogP contribution in [0.3, 0.4) is 0 Å². The van der Waals surface area contributed by atoms with Crippen molar-refractivity contribution in [3.63, 3.8) is 0 Å². The summed E-state index contributed by atoms with van der Waals surface area (Å²) in [6.07, 6.45) is 1.66. The minimum atomic E-state index is -0.969. The summed E-state index contributed by atoms with van der Waals surface area (Å²) in [6, 6.07) is 8.85. The Bertz CT molecular complexity index is 755. The van der Waals surface area contributed by atoms with Crippen LogP contribution in [0.15, 0.2) is 36.5 Å². The Kier molecular flexibility index (Phi) is 6.38. The first-order valence-electron chi connectivity index (χ1n) is 8.61. The standard InChI is InChI=1S/C19H25N3O4/c1-12(2)11-26-16-10-22(15-8-6-5-7-9-15)21-17(16)18(23)20-14(4)13(3)19(24)25/h5-10,12-14H,11H2,1-4H3,(H,20,23)(H,24,25). The summed E-state index contributed by atoms with van der Waals surface area (Å²) in [4.78, 5) is 23.7. The predicted octanol–water partition coefficient (Wildman–Crippen LogP) is 2.75. The normalized spacial score (nSPS) is 13.3. The molecule has 0 aliphatic heterocycles. The van der Waals surface area contributed by atoms with E-state index >= 15 is 0 Å². The van der Waals surface area contributed by atoms with E-state index in [-0.39, 0.29) is 11.6 Å². The number of nitrogens with one attached hydrogen (secondary N) is 1. The molecule has 140 valence electrons. The molecule has 1 amide bonds. The maximum Gasteiger partial charge on any atom is 0.308 e. The van der Waals surface area contributed by atoms with Gasteiger partial charge in [0.2, 0.25) is 0 Å². The summed E-state index contributed by atoms with van der Waals surface area (Å²) < 4.78 is 7.33. The summed E-state index contributed by atoms with van der Waals surface area (Å²) in [5.74, 6) is -1.48. The number of benzene rings is 1. The van der Waals surface area contributed by atoms with Gasteiger partial charge in [-0.25, -0.2) is 4.68 Å². The number of carboxylic acid groups (broad SMARTS) is 1. The molecule has 0 saturated heterocycles. The molecule has 0 saturated carbocycles. The first-order chi connectivity index (χ1) is 12.3. The van der Waals surface area contributed by atoms with Gasteiger partial charge in [-0.2, -0.15) is 5.10 Å². The number of para-hydroxylation sites is 1. The van der Waals surface area contributed by atoms with Crippen molar-refractivity contribution in [3.05, 3.63) is 42.2 Å². The zero-order valence-corrected chi connectivity index (χ0v) is 15.5. The zero-order valence-electron chi connectivity index (χ0n) is 15.5. The number of carbonyl (C=O) groups is 2. The average Bonchev–Trinajstić information content (AvgIpc) is 3.04. The van der Waals surface area contributed by atoms with E-state index in [0.717, 1.165) is 5.69 Å². The fourth-order valence-corrected chi connectivity index (χ4v) is 2.20. The van der Waals surface area contributed by atoms with Crippen LogP contribution in [-0.2, 0) is 4.79 Å². The number of carboxylic acids is 1. The first-order valence-corrected chi connectivity index (χ1v) is 8.61. The highest BCUT2D eigenvalue weighted by Crippen LogP contribution is 2.21. The quantitative estimate of drug-likeness (QED) is 0.756. The van der Waals surface area contributed by atoms with Crippen molar-refractivity contribution >= 4 is 11.9 Å². The molecule has 1 aromatic heterocycles. The van der Waals surface area contributed by atoms with E-state index in [1.54, 1.807) is 24.7 Å². The van der Waals surface area contributed by atoms with Gasteiger partial charge in [0.05, 0.1) is 24.4 Å². The highest BCUT2D eigenvalue weighted by molar-refractivity contribution is 5.95. The van der Waals surface area contributed by atoms with E-state index in [9.17, 15) is 9.59 Å². The molecule has 2 rings (SSSR count). The third-order valence-electron chi connectivity index (χ3n) is 3.99. The largest absolute Gasteiger partial charge is 0.489 e. The number of carbonyl (C=O) groups excluding carboxylic acids is 1. The smallest absolute Gasteiger partial charge is 0.308 e. The highest BCUT2D eigenvalue weighted by Gasteiger charge is 2.25. The third-order valence-corrected chi connectivity index (χ3v) is 3.99. The van der Waals surface area contributed by atoms with Gasteiger partial charge in [-0.3, -0.25) is 9.59 Å². The number of aliphatic carboxylic acids is 1. The van der Waals surface area contributed by atoms with Crippen molar-refractivity contribution in [1.29, 1.82) is 0 Å². The lowest BCUT2D eigenvalue weighted by molar-refractivity contribution is -0.141. The van der Waals surface area contributed by atoms with Crippen molar-refractivity contribution in [3.8, 4) is 11.4 Å². The topological polar surface area (TPSA) is 93.5 Å². The molecule has 0 bridgehead atoms. The number of nitrogens with zero attached hydrogens (tertiary/aromatic N) is 2. The van der Waals surface area contributed by atoms with Crippen LogP contribution in [0.5, 0.6) is 5.75 Å². The van der Waals surface area contributed by atoms with Crippen LogP contribution in [0.25, 0.3) is 5.69 Å². The minimum absolute atomic E-state index is 0.138. The Morgan fingerprint density at radius 1 is 1.19 bits per heavy atom. The summed E-state index contributed by atoms with van der Waals surface area (Å²) in [6.45, 7) is 7.67. The van der Waals surface area contributed by atoms with Gasteiger partial charge in [-0.15, -0.1) is 0 Å². The van der Waals surface area contributed by atoms with Gasteiger partial charge in [0.15, 0.2) is 11.4 Å². The number of rotatable bonds is 8. The van der Waals surface area contributed by atoms with E-state index in [1.165, 1.54) is 0 Å². The summed E-state index contributed by atoms with van der Waals surface area (Å²) in [5.41, 5.74) is 0.937. The van der Waals surface area contributed by atoms with Crippen molar-refractivity contribution in [2.75, 3.05) is 6.61 Å². The van der Waals surface area contributed by atoms with Crippen LogP contribution < -0.4 is 10.1 Å². The molecule has 0 spiro atoms. The molecule has 7 nitrogen and oxygen atoms in total. The summed E-state index contributed by atoms with van der Waals surface area (Å²) >= 11 is 0. The number of aromatic nitrogens is 2. The summed E-state index contributed by atoms with van der Waals surface area (Å²) in [7, 11) is 0. The van der Waals surface area contributed by atoms with E-state index in [2.05, 4.69) is 10.4 Å². The van der Waals surface area contributed by atoms with Crippen molar-refractivity contribution in [2.45, 2.75) is 33.7 Å². The number of hydrogen-bond donors (Lipinski definition) is 2. The lowest BCUT2D eigenvalue weighted by Gasteiger charge is -2.17. The van der Waals surface area contributed by atoms with Gasteiger partial charge < -0.3 is 15.2 Å². The number of hydrogen-bond acceptors (Lipinski definition) is 4. The Morgan fingerprint density at radius 2 is 1.85 bits per heavy atom. The molecule has 0 fully saturated rings. The van der Waals surface area contributed by atoms with Gasteiger partial charge in [-0.05, 0) is 31.9 Å². The van der Waals surface area contributed by atoms with Gasteiger partial charge in [-0.1, -0.05) is 32.0 Å². The van der Waals surface area contributed by atoms with Crippen LogP contribution in [0.4, 0.5) is 0 Å². The Morgan fingerprint density at radius 3 is 2.42 bits per heavy atom.